The summed E-state index contributed by atoms with van der Waals surface area (Å²) in [6, 6.07) is 8.41. The van der Waals surface area contributed by atoms with Crippen molar-refractivity contribution in [2.45, 2.75) is 27.2 Å². The fraction of sp³-hybridized carbons (Fsp3) is 0.333. The Balaban J connectivity index is 2.53. The van der Waals surface area contributed by atoms with E-state index in [0.29, 0.717) is 6.61 Å². The zero-order valence-corrected chi connectivity index (χ0v) is 11.9. The summed E-state index contributed by atoms with van der Waals surface area (Å²) < 4.78 is 5.69. The Morgan fingerprint density at radius 3 is 2.56 bits per heavy atom. The first-order valence-electron chi connectivity index (χ1n) is 6.27. The first kappa shape index (κ1) is 13.0. The van der Waals surface area contributed by atoms with Gasteiger partial charge >= 0.3 is 0 Å². The number of anilines is 1. The van der Waals surface area contributed by atoms with E-state index in [1.807, 2.05) is 13.0 Å². The number of rotatable bonds is 4. The third-order valence-corrected chi connectivity index (χ3v) is 3.99. The van der Waals surface area contributed by atoms with E-state index in [-0.39, 0.29) is 0 Å². The maximum absolute atomic E-state index is 6.13. The Bertz CT molecular complexity index is 545. The third-order valence-electron chi connectivity index (χ3n) is 2.89. The predicted molar refractivity (Wildman–Crippen MR) is 79.5 cm³/mol. The number of nitrogens with two attached hydrogens (primary N) is 1. The van der Waals surface area contributed by atoms with Crippen molar-refractivity contribution >= 4 is 16.3 Å². The van der Waals surface area contributed by atoms with Gasteiger partial charge in [-0.1, -0.05) is 18.6 Å². The van der Waals surface area contributed by atoms with Crippen LogP contribution in [0, 0.1) is 6.92 Å². The van der Waals surface area contributed by atoms with Crippen molar-refractivity contribution in [3.8, 4) is 16.9 Å². The number of thiophene rings is 1. The van der Waals surface area contributed by atoms with E-state index in [1.54, 1.807) is 11.3 Å². The lowest BCUT2D eigenvalue weighted by Gasteiger charge is -2.10. The number of nitrogen functional groups attached to an aromatic ring is 1. The van der Waals surface area contributed by atoms with E-state index >= 15 is 0 Å². The topological polar surface area (TPSA) is 35.2 Å². The monoisotopic (exact) mass is 261 g/mol. The van der Waals surface area contributed by atoms with Crippen LogP contribution >= 0.6 is 11.3 Å². The van der Waals surface area contributed by atoms with Gasteiger partial charge in [0.2, 0.25) is 0 Å². The summed E-state index contributed by atoms with van der Waals surface area (Å²) in [4.78, 5) is 1.31. The standard InChI is InChI=1S/C15H19NOS/c1-4-11-9-13(15(16)18-11)12-8-10(3)6-7-14(12)17-5-2/h6-9H,4-5,16H2,1-3H3. The normalized spacial score (nSPS) is 10.6. The first-order valence-corrected chi connectivity index (χ1v) is 7.09. The second-order valence-corrected chi connectivity index (χ2v) is 5.45. The van der Waals surface area contributed by atoms with Crippen molar-refractivity contribution in [1.82, 2.24) is 0 Å². The molecule has 2 nitrogen and oxygen atoms in total. The summed E-state index contributed by atoms with van der Waals surface area (Å²) >= 11 is 1.66. The van der Waals surface area contributed by atoms with Gasteiger partial charge in [0.05, 0.1) is 11.6 Å². The lowest BCUT2D eigenvalue weighted by Crippen LogP contribution is -1.95. The second-order valence-electron chi connectivity index (χ2n) is 4.28. The zero-order chi connectivity index (χ0) is 13.1. The van der Waals surface area contributed by atoms with Crippen LogP contribution in [0.15, 0.2) is 24.3 Å². The summed E-state index contributed by atoms with van der Waals surface area (Å²) in [5.74, 6) is 0.912. The van der Waals surface area contributed by atoms with Crippen molar-refractivity contribution in [2.75, 3.05) is 12.3 Å². The smallest absolute Gasteiger partial charge is 0.127 e. The summed E-state index contributed by atoms with van der Waals surface area (Å²) in [6.07, 6.45) is 1.02. The van der Waals surface area contributed by atoms with Crippen molar-refractivity contribution in [2.24, 2.45) is 0 Å². The molecular weight excluding hydrogens is 242 g/mol. The van der Waals surface area contributed by atoms with Gasteiger partial charge in [-0.2, -0.15) is 0 Å². The van der Waals surface area contributed by atoms with Crippen LogP contribution in [-0.2, 0) is 6.42 Å². The molecule has 2 rings (SSSR count). The van der Waals surface area contributed by atoms with Gasteiger partial charge in [0, 0.05) is 16.0 Å². The van der Waals surface area contributed by atoms with Gasteiger partial charge in [0.1, 0.15) is 5.75 Å². The number of ether oxygens (including phenoxy) is 1. The molecule has 0 aliphatic heterocycles. The largest absolute Gasteiger partial charge is 0.493 e. The Hall–Kier alpha value is -1.48. The van der Waals surface area contributed by atoms with E-state index in [2.05, 4.69) is 32.0 Å². The summed E-state index contributed by atoms with van der Waals surface area (Å²) in [6.45, 7) is 6.90. The van der Waals surface area contributed by atoms with Crippen molar-refractivity contribution in [3.05, 3.63) is 34.7 Å². The minimum absolute atomic E-state index is 0.667. The summed E-state index contributed by atoms with van der Waals surface area (Å²) in [5, 5.41) is 0.874. The average molecular weight is 261 g/mol. The maximum atomic E-state index is 6.13. The van der Waals surface area contributed by atoms with Crippen molar-refractivity contribution in [3.63, 3.8) is 0 Å². The Labute approximate surface area is 112 Å². The molecule has 0 atom stereocenters. The summed E-state index contributed by atoms with van der Waals surface area (Å²) in [7, 11) is 0. The van der Waals surface area contributed by atoms with Crippen LogP contribution in [0.3, 0.4) is 0 Å². The van der Waals surface area contributed by atoms with Gasteiger partial charge in [0.15, 0.2) is 0 Å². The Morgan fingerprint density at radius 2 is 1.94 bits per heavy atom. The molecule has 18 heavy (non-hydrogen) atoms. The molecule has 0 unspecified atom stereocenters. The van der Waals surface area contributed by atoms with Gasteiger partial charge in [-0.25, -0.2) is 0 Å². The minimum Gasteiger partial charge on any atom is -0.493 e. The molecule has 0 amide bonds. The van der Waals surface area contributed by atoms with Crippen LogP contribution in [-0.4, -0.2) is 6.61 Å². The molecule has 0 saturated heterocycles. The SMILES string of the molecule is CCOc1ccc(C)cc1-c1cc(CC)sc1N. The molecule has 1 aromatic heterocycles. The molecule has 0 bridgehead atoms. The molecule has 3 heteroatoms. The lowest BCUT2D eigenvalue weighted by atomic mass is 10.0. The van der Waals surface area contributed by atoms with Crippen molar-refractivity contribution < 1.29 is 4.74 Å². The molecular formula is C15H19NOS. The van der Waals surface area contributed by atoms with E-state index in [1.165, 1.54) is 10.4 Å². The fourth-order valence-corrected chi connectivity index (χ4v) is 2.86. The minimum atomic E-state index is 0.667. The highest BCUT2D eigenvalue weighted by Crippen LogP contribution is 2.39. The van der Waals surface area contributed by atoms with Crippen LogP contribution in [0.1, 0.15) is 24.3 Å². The van der Waals surface area contributed by atoms with Gasteiger partial charge < -0.3 is 10.5 Å². The van der Waals surface area contributed by atoms with Crippen LogP contribution in [0.2, 0.25) is 0 Å². The maximum Gasteiger partial charge on any atom is 0.127 e. The fourth-order valence-electron chi connectivity index (χ4n) is 1.98. The van der Waals surface area contributed by atoms with Crippen LogP contribution in [0.5, 0.6) is 5.75 Å². The van der Waals surface area contributed by atoms with E-state index in [9.17, 15) is 0 Å². The first-order chi connectivity index (χ1) is 8.65. The van der Waals surface area contributed by atoms with Gasteiger partial charge in [-0.05, 0) is 38.5 Å². The molecule has 0 aliphatic carbocycles. The molecule has 96 valence electrons. The molecule has 0 aliphatic rings. The van der Waals surface area contributed by atoms with E-state index < -0.39 is 0 Å². The quantitative estimate of drug-likeness (QED) is 0.892. The van der Waals surface area contributed by atoms with Crippen LogP contribution in [0.4, 0.5) is 5.00 Å². The molecule has 0 spiro atoms. The predicted octanol–water partition coefficient (Wildman–Crippen LogP) is 4.27. The number of hydrogen-bond acceptors (Lipinski definition) is 3. The Morgan fingerprint density at radius 1 is 1.17 bits per heavy atom. The number of aryl methyl sites for hydroxylation is 2. The van der Waals surface area contributed by atoms with Crippen molar-refractivity contribution in [1.29, 1.82) is 0 Å². The van der Waals surface area contributed by atoms with Gasteiger partial charge in [0.25, 0.3) is 0 Å². The molecule has 1 heterocycles. The lowest BCUT2D eigenvalue weighted by molar-refractivity contribution is 0.341. The highest BCUT2D eigenvalue weighted by Gasteiger charge is 2.12. The highest BCUT2D eigenvalue weighted by atomic mass is 32.1. The average Bonchev–Trinajstić information content (AvgIpc) is 2.73. The van der Waals surface area contributed by atoms with Crippen LogP contribution in [0.25, 0.3) is 11.1 Å². The Kier molecular flexibility index (Phi) is 3.92. The molecule has 0 fully saturated rings. The third kappa shape index (κ3) is 2.51. The molecule has 0 saturated carbocycles. The molecule has 0 radical (unpaired) electrons. The van der Waals surface area contributed by atoms with E-state index in [4.69, 9.17) is 10.5 Å². The molecule has 1 aromatic carbocycles. The van der Waals surface area contributed by atoms with Gasteiger partial charge in [-0.15, -0.1) is 11.3 Å². The molecule has 2 aromatic rings. The second kappa shape index (κ2) is 5.44. The summed E-state index contributed by atoms with van der Waals surface area (Å²) in [5.41, 5.74) is 9.55. The molecule has 2 N–H and O–H groups in total. The van der Waals surface area contributed by atoms with Crippen LogP contribution < -0.4 is 10.5 Å². The van der Waals surface area contributed by atoms with E-state index in [0.717, 1.165) is 28.3 Å². The highest BCUT2D eigenvalue weighted by molar-refractivity contribution is 7.16. The van der Waals surface area contributed by atoms with Gasteiger partial charge in [-0.3, -0.25) is 0 Å². The number of hydrogen-bond donors (Lipinski definition) is 1. The number of benzene rings is 1. The zero-order valence-electron chi connectivity index (χ0n) is 11.1.